The molecule has 4 heteroatoms. The summed E-state index contributed by atoms with van der Waals surface area (Å²) in [5.41, 5.74) is 0.847. The van der Waals surface area contributed by atoms with E-state index in [1.165, 1.54) is 12.1 Å². The maximum absolute atomic E-state index is 12.9. The van der Waals surface area contributed by atoms with Crippen molar-refractivity contribution >= 4 is 0 Å². The van der Waals surface area contributed by atoms with E-state index in [-0.39, 0.29) is 11.9 Å². The molecule has 1 aromatic carbocycles. The van der Waals surface area contributed by atoms with Gasteiger partial charge in [-0.3, -0.25) is 5.84 Å². The Morgan fingerprint density at radius 1 is 1.50 bits per heavy atom. The molecule has 14 heavy (non-hydrogen) atoms. The predicted octanol–water partition coefficient (Wildman–Crippen LogP) is 1.07. The van der Waals surface area contributed by atoms with Crippen molar-refractivity contribution in [3.63, 3.8) is 0 Å². The lowest BCUT2D eigenvalue weighted by atomic mass is 10.1. The number of nitrogens with zero attached hydrogens (tertiary/aromatic N) is 1. The SMILES string of the molecule is NN1CCOC(c2cccc(F)c2)C1. The first-order chi connectivity index (χ1) is 6.75. The molecule has 2 N–H and O–H groups in total. The van der Waals surface area contributed by atoms with Crippen LogP contribution in [0.3, 0.4) is 0 Å². The average Bonchev–Trinajstić information content (AvgIpc) is 2.18. The highest BCUT2D eigenvalue weighted by Gasteiger charge is 2.19. The highest BCUT2D eigenvalue weighted by Crippen LogP contribution is 2.21. The Balaban J connectivity index is 2.14. The van der Waals surface area contributed by atoms with Gasteiger partial charge < -0.3 is 4.74 Å². The van der Waals surface area contributed by atoms with Crippen LogP contribution >= 0.6 is 0 Å². The standard InChI is InChI=1S/C10H13FN2O/c11-9-3-1-2-8(6-9)10-7-13(12)4-5-14-10/h1-3,6,10H,4-5,7,12H2. The molecule has 0 aromatic heterocycles. The van der Waals surface area contributed by atoms with Crippen LogP contribution in [0.1, 0.15) is 11.7 Å². The van der Waals surface area contributed by atoms with Gasteiger partial charge in [0.25, 0.3) is 0 Å². The molecule has 0 radical (unpaired) electrons. The van der Waals surface area contributed by atoms with Crippen LogP contribution in [-0.4, -0.2) is 24.7 Å². The van der Waals surface area contributed by atoms with E-state index < -0.39 is 0 Å². The molecule has 0 bridgehead atoms. The van der Waals surface area contributed by atoms with Crippen LogP contribution in [0, 0.1) is 5.82 Å². The topological polar surface area (TPSA) is 38.5 Å². The molecule has 1 aliphatic heterocycles. The molecule has 1 saturated heterocycles. The minimum absolute atomic E-state index is 0.107. The first kappa shape index (κ1) is 9.58. The van der Waals surface area contributed by atoms with Crippen LogP contribution in [0.15, 0.2) is 24.3 Å². The van der Waals surface area contributed by atoms with E-state index in [2.05, 4.69) is 0 Å². The number of ether oxygens (including phenoxy) is 1. The van der Waals surface area contributed by atoms with Crippen LogP contribution in [0.2, 0.25) is 0 Å². The molecular formula is C10H13FN2O. The van der Waals surface area contributed by atoms with E-state index in [4.69, 9.17) is 10.6 Å². The average molecular weight is 196 g/mol. The Morgan fingerprint density at radius 2 is 2.36 bits per heavy atom. The summed E-state index contributed by atoms with van der Waals surface area (Å²) < 4.78 is 18.4. The molecular weight excluding hydrogens is 183 g/mol. The van der Waals surface area contributed by atoms with Crippen LogP contribution in [0.5, 0.6) is 0 Å². The molecule has 1 fully saturated rings. The molecule has 1 atom stereocenters. The van der Waals surface area contributed by atoms with E-state index in [1.54, 1.807) is 11.1 Å². The second kappa shape index (κ2) is 4.04. The zero-order valence-electron chi connectivity index (χ0n) is 7.82. The van der Waals surface area contributed by atoms with E-state index >= 15 is 0 Å². The molecule has 0 aliphatic carbocycles. The van der Waals surface area contributed by atoms with Gasteiger partial charge in [-0.2, -0.15) is 0 Å². The van der Waals surface area contributed by atoms with E-state index in [9.17, 15) is 4.39 Å². The monoisotopic (exact) mass is 196 g/mol. The Bertz CT molecular complexity index is 319. The first-order valence-corrected chi connectivity index (χ1v) is 4.62. The lowest BCUT2D eigenvalue weighted by Gasteiger charge is -2.29. The third kappa shape index (κ3) is 2.09. The zero-order chi connectivity index (χ0) is 9.97. The van der Waals surface area contributed by atoms with Crippen LogP contribution in [0.25, 0.3) is 0 Å². The Morgan fingerprint density at radius 3 is 3.07 bits per heavy atom. The molecule has 2 rings (SSSR count). The van der Waals surface area contributed by atoms with Crippen molar-refractivity contribution in [3.05, 3.63) is 35.6 Å². The fourth-order valence-electron chi connectivity index (χ4n) is 1.58. The Kier molecular flexibility index (Phi) is 2.77. The van der Waals surface area contributed by atoms with Crippen molar-refractivity contribution < 1.29 is 9.13 Å². The predicted molar refractivity (Wildman–Crippen MR) is 50.9 cm³/mol. The Hall–Kier alpha value is -0.970. The summed E-state index contributed by atoms with van der Waals surface area (Å²) in [6.07, 6.45) is -0.107. The van der Waals surface area contributed by atoms with Gasteiger partial charge in [0.1, 0.15) is 5.82 Å². The van der Waals surface area contributed by atoms with Gasteiger partial charge in [0.05, 0.1) is 12.7 Å². The molecule has 3 nitrogen and oxygen atoms in total. The summed E-state index contributed by atoms with van der Waals surface area (Å²) in [5.74, 6) is 5.42. The van der Waals surface area contributed by atoms with Gasteiger partial charge in [0, 0.05) is 13.1 Å². The molecule has 1 aromatic rings. The van der Waals surface area contributed by atoms with Gasteiger partial charge in [-0.05, 0) is 17.7 Å². The van der Waals surface area contributed by atoms with Gasteiger partial charge in [-0.25, -0.2) is 9.40 Å². The largest absolute Gasteiger partial charge is 0.371 e. The van der Waals surface area contributed by atoms with Gasteiger partial charge in [-0.1, -0.05) is 12.1 Å². The Labute approximate surface area is 82.2 Å². The molecule has 0 saturated carbocycles. The number of morpholine rings is 1. The normalized spacial score (nSPS) is 23.7. The molecule has 76 valence electrons. The van der Waals surface area contributed by atoms with Crippen molar-refractivity contribution in [2.75, 3.05) is 19.7 Å². The lowest BCUT2D eigenvalue weighted by molar-refractivity contribution is -0.0305. The summed E-state index contributed by atoms with van der Waals surface area (Å²) in [6.45, 7) is 1.94. The summed E-state index contributed by atoms with van der Waals surface area (Å²) >= 11 is 0. The smallest absolute Gasteiger partial charge is 0.123 e. The van der Waals surface area contributed by atoms with Crippen molar-refractivity contribution in [2.24, 2.45) is 5.84 Å². The summed E-state index contributed by atoms with van der Waals surface area (Å²) in [7, 11) is 0. The summed E-state index contributed by atoms with van der Waals surface area (Å²) in [6, 6.07) is 6.45. The third-order valence-corrected chi connectivity index (χ3v) is 2.32. The van der Waals surface area contributed by atoms with Gasteiger partial charge >= 0.3 is 0 Å². The van der Waals surface area contributed by atoms with Crippen LogP contribution < -0.4 is 5.84 Å². The first-order valence-electron chi connectivity index (χ1n) is 4.62. The second-order valence-electron chi connectivity index (χ2n) is 3.41. The number of hydrogen-bond acceptors (Lipinski definition) is 3. The number of benzene rings is 1. The number of nitrogens with two attached hydrogens (primary N) is 1. The van der Waals surface area contributed by atoms with Gasteiger partial charge in [0.15, 0.2) is 0 Å². The summed E-state index contributed by atoms with van der Waals surface area (Å²) in [5, 5.41) is 1.69. The van der Waals surface area contributed by atoms with Gasteiger partial charge in [-0.15, -0.1) is 0 Å². The fourth-order valence-corrected chi connectivity index (χ4v) is 1.58. The number of hydrazine groups is 1. The van der Waals surface area contributed by atoms with Crippen LogP contribution in [0.4, 0.5) is 4.39 Å². The molecule has 1 unspecified atom stereocenters. The highest BCUT2D eigenvalue weighted by molar-refractivity contribution is 5.19. The van der Waals surface area contributed by atoms with Crippen LogP contribution in [-0.2, 0) is 4.74 Å². The van der Waals surface area contributed by atoms with E-state index in [1.807, 2.05) is 6.07 Å². The molecule has 1 aliphatic rings. The number of halogens is 1. The highest BCUT2D eigenvalue weighted by atomic mass is 19.1. The molecule has 0 spiro atoms. The second-order valence-corrected chi connectivity index (χ2v) is 3.41. The number of hydrogen-bond donors (Lipinski definition) is 1. The minimum atomic E-state index is -0.236. The van der Waals surface area contributed by atoms with Gasteiger partial charge in [0.2, 0.25) is 0 Å². The van der Waals surface area contributed by atoms with Crippen molar-refractivity contribution in [1.82, 2.24) is 5.01 Å². The maximum Gasteiger partial charge on any atom is 0.123 e. The third-order valence-electron chi connectivity index (χ3n) is 2.32. The quantitative estimate of drug-likeness (QED) is 0.683. The zero-order valence-corrected chi connectivity index (χ0v) is 7.82. The van der Waals surface area contributed by atoms with Crippen molar-refractivity contribution in [1.29, 1.82) is 0 Å². The number of rotatable bonds is 1. The van der Waals surface area contributed by atoms with Crippen molar-refractivity contribution in [3.8, 4) is 0 Å². The molecule has 1 heterocycles. The fraction of sp³-hybridized carbons (Fsp3) is 0.400. The maximum atomic E-state index is 12.9. The van der Waals surface area contributed by atoms with Crippen molar-refractivity contribution in [2.45, 2.75) is 6.10 Å². The van der Waals surface area contributed by atoms with E-state index in [0.29, 0.717) is 13.2 Å². The minimum Gasteiger partial charge on any atom is -0.371 e. The molecule has 0 amide bonds. The van der Waals surface area contributed by atoms with E-state index in [0.717, 1.165) is 12.1 Å². The summed E-state index contributed by atoms with van der Waals surface area (Å²) in [4.78, 5) is 0. The lowest BCUT2D eigenvalue weighted by Crippen LogP contribution is -2.42.